The van der Waals surface area contributed by atoms with Gasteiger partial charge in [0, 0.05) is 16.0 Å². The van der Waals surface area contributed by atoms with Crippen molar-refractivity contribution in [3.63, 3.8) is 0 Å². The second-order valence-electron chi connectivity index (χ2n) is 2.84. The van der Waals surface area contributed by atoms with Crippen LogP contribution in [0.25, 0.3) is 10.7 Å². The van der Waals surface area contributed by atoms with Gasteiger partial charge >= 0.3 is 0 Å². The summed E-state index contributed by atoms with van der Waals surface area (Å²) in [6, 6.07) is 5.90. The Morgan fingerprint density at radius 2 is 2.33 bits per heavy atom. The Kier molecular flexibility index (Phi) is 3.09. The van der Waals surface area contributed by atoms with E-state index in [1.165, 1.54) is 11.3 Å². The number of thiazole rings is 1. The van der Waals surface area contributed by atoms with E-state index in [0.717, 1.165) is 20.9 Å². The molecule has 15 heavy (non-hydrogen) atoms. The maximum Gasteiger partial charge on any atom is 0.142 e. The second-order valence-corrected chi connectivity index (χ2v) is 4.61. The van der Waals surface area contributed by atoms with Crippen LogP contribution in [0.5, 0.6) is 0 Å². The monoisotopic (exact) mass is 279 g/mol. The van der Waals surface area contributed by atoms with Crippen molar-refractivity contribution in [2.24, 2.45) is 0 Å². The molecule has 0 atom stereocenters. The van der Waals surface area contributed by atoms with Crippen molar-refractivity contribution in [2.45, 2.75) is 6.42 Å². The highest BCUT2D eigenvalue weighted by molar-refractivity contribution is 9.10. The molecule has 5 heteroatoms. The Balaban J connectivity index is 2.30. The Hall–Kier alpha value is -1.25. The predicted octanol–water partition coefficient (Wildman–Crippen LogP) is 3.03. The molecular formula is C10H6BrN3S. The van der Waals surface area contributed by atoms with E-state index in [2.05, 4.69) is 32.0 Å². The van der Waals surface area contributed by atoms with Crippen LogP contribution in [0.2, 0.25) is 0 Å². The van der Waals surface area contributed by atoms with Crippen LogP contribution < -0.4 is 0 Å². The first-order valence-electron chi connectivity index (χ1n) is 4.23. The van der Waals surface area contributed by atoms with Crippen LogP contribution in [0.15, 0.2) is 28.2 Å². The summed E-state index contributed by atoms with van der Waals surface area (Å²) in [5, 5.41) is 11.3. The van der Waals surface area contributed by atoms with Crippen LogP contribution >= 0.6 is 27.3 Å². The molecule has 2 heterocycles. The highest BCUT2D eigenvalue weighted by Gasteiger charge is 2.05. The number of hydrogen-bond donors (Lipinski definition) is 0. The van der Waals surface area contributed by atoms with Gasteiger partial charge in [-0.3, -0.25) is 4.98 Å². The summed E-state index contributed by atoms with van der Waals surface area (Å²) >= 11 is 4.83. The highest BCUT2D eigenvalue weighted by Crippen LogP contribution is 2.22. The first-order chi connectivity index (χ1) is 7.29. The summed E-state index contributed by atoms with van der Waals surface area (Å²) < 4.78 is 0.944. The van der Waals surface area contributed by atoms with E-state index in [0.29, 0.717) is 6.42 Å². The fraction of sp³-hybridized carbons (Fsp3) is 0.100. The third kappa shape index (κ3) is 2.41. The van der Waals surface area contributed by atoms with Gasteiger partial charge in [-0.05, 0) is 28.1 Å². The minimum Gasteiger partial charge on any atom is -0.253 e. The highest BCUT2D eigenvalue weighted by atomic mass is 79.9. The zero-order chi connectivity index (χ0) is 10.7. The van der Waals surface area contributed by atoms with Crippen LogP contribution in [0.3, 0.4) is 0 Å². The van der Waals surface area contributed by atoms with E-state index in [9.17, 15) is 0 Å². The molecule has 0 saturated carbocycles. The van der Waals surface area contributed by atoms with Gasteiger partial charge in [-0.15, -0.1) is 11.3 Å². The smallest absolute Gasteiger partial charge is 0.142 e. The molecule has 0 fully saturated rings. The van der Waals surface area contributed by atoms with Gasteiger partial charge in [0.1, 0.15) is 5.01 Å². The van der Waals surface area contributed by atoms with Crippen molar-refractivity contribution in [3.05, 3.63) is 33.9 Å². The van der Waals surface area contributed by atoms with Crippen LogP contribution in [0, 0.1) is 11.3 Å². The lowest BCUT2D eigenvalue weighted by atomic mass is 10.3. The quantitative estimate of drug-likeness (QED) is 0.849. The molecule has 0 aromatic carbocycles. The standard InChI is InChI=1S/C10H6BrN3S/c11-7-1-2-9(13-5-7)10-14-8(3-4-12)6-15-10/h1-2,5-6H,3H2. The molecule has 0 N–H and O–H groups in total. The van der Waals surface area contributed by atoms with Gasteiger partial charge in [0.05, 0.1) is 23.9 Å². The number of pyridine rings is 1. The average molecular weight is 280 g/mol. The predicted molar refractivity (Wildman–Crippen MR) is 62.4 cm³/mol. The number of rotatable bonds is 2. The summed E-state index contributed by atoms with van der Waals surface area (Å²) in [6.07, 6.45) is 2.09. The minimum absolute atomic E-state index is 0.354. The average Bonchev–Trinajstić information content (AvgIpc) is 2.68. The van der Waals surface area contributed by atoms with Crippen LogP contribution in [-0.4, -0.2) is 9.97 Å². The van der Waals surface area contributed by atoms with Crippen molar-refractivity contribution in [2.75, 3.05) is 0 Å². The maximum absolute atomic E-state index is 8.53. The van der Waals surface area contributed by atoms with Gasteiger partial charge in [-0.2, -0.15) is 5.26 Å². The number of aromatic nitrogens is 2. The van der Waals surface area contributed by atoms with Gasteiger partial charge in [0.2, 0.25) is 0 Å². The third-order valence-corrected chi connectivity index (χ3v) is 3.14. The van der Waals surface area contributed by atoms with E-state index in [1.807, 2.05) is 17.5 Å². The van der Waals surface area contributed by atoms with Crippen LogP contribution in [0.4, 0.5) is 0 Å². The number of hydrogen-bond acceptors (Lipinski definition) is 4. The van der Waals surface area contributed by atoms with Gasteiger partial charge in [0.15, 0.2) is 0 Å². The maximum atomic E-state index is 8.53. The lowest BCUT2D eigenvalue weighted by Gasteiger charge is -1.94. The Morgan fingerprint density at radius 3 is 3.00 bits per heavy atom. The van der Waals surface area contributed by atoms with Crippen LogP contribution in [0.1, 0.15) is 5.69 Å². The van der Waals surface area contributed by atoms with E-state index in [-0.39, 0.29) is 0 Å². The number of nitriles is 1. The Bertz CT molecular complexity index is 498. The minimum atomic E-state index is 0.354. The summed E-state index contributed by atoms with van der Waals surface area (Å²) in [6.45, 7) is 0. The van der Waals surface area contributed by atoms with Crippen molar-refractivity contribution in [3.8, 4) is 16.8 Å². The van der Waals surface area contributed by atoms with E-state index >= 15 is 0 Å². The van der Waals surface area contributed by atoms with E-state index < -0.39 is 0 Å². The fourth-order valence-corrected chi connectivity index (χ4v) is 2.12. The lowest BCUT2D eigenvalue weighted by Crippen LogP contribution is -1.84. The van der Waals surface area contributed by atoms with Crippen molar-refractivity contribution in [1.82, 2.24) is 9.97 Å². The first-order valence-corrected chi connectivity index (χ1v) is 5.90. The molecule has 2 rings (SSSR count). The summed E-state index contributed by atoms with van der Waals surface area (Å²) in [7, 11) is 0. The molecule has 0 unspecified atom stereocenters. The topological polar surface area (TPSA) is 49.6 Å². The normalized spacial score (nSPS) is 9.87. The number of halogens is 1. The molecule has 0 saturated heterocycles. The molecule has 2 aromatic heterocycles. The largest absolute Gasteiger partial charge is 0.253 e. The summed E-state index contributed by atoms with van der Waals surface area (Å²) in [4.78, 5) is 8.56. The molecule has 0 amide bonds. The third-order valence-electron chi connectivity index (χ3n) is 1.76. The molecule has 0 aliphatic carbocycles. The molecule has 0 bridgehead atoms. The van der Waals surface area contributed by atoms with Gasteiger partial charge in [0.25, 0.3) is 0 Å². The Labute approximate surface area is 99.6 Å². The SMILES string of the molecule is N#CCc1csc(-c2ccc(Br)cn2)n1. The summed E-state index contributed by atoms with van der Waals surface area (Å²) in [5.74, 6) is 0. The molecular weight excluding hydrogens is 274 g/mol. The van der Waals surface area contributed by atoms with Crippen molar-refractivity contribution >= 4 is 27.3 Å². The lowest BCUT2D eigenvalue weighted by molar-refractivity contribution is 1.15. The Morgan fingerprint density at radius 1 is 1.47 bits per heavy atom. The van der Waals surface area contributed by atoms with Gasteiger partial charge < -0.3 is 0 Å². The molecule has 2 aromatic rings. The molecule has 0 spiro atoms. The molecule has 74 valence electrons. The van der Waals surface area contributed by atoms with Gasteiger partial charge in [-0.25, -0.2) is 4.98 Å². The van der Waals surface area contributed by atoms with Crippen molar-refractivity contribution in [1.29, 1.82) is 5.26 Å². The first kappa shape index (κ1) is 10.3. The second kappa shape index (κ2) is 4.51. The molecule has 0 aliphatic rings. The van der Waals surface area contributed by atoms with E-state index in [4.69, 9.17) is 5.26 Å². The van der Waals surface area contributed by atoms with E-state index in [1.54, 1.807) is 6.20 Å². The number of nitrogens with zero attached hydrogens (tertiary/aromatic N) is 3. The molecule has 0 radical (unpaired) electrons. The summed E-state index contributed by atoms with van der Waals surface area (Å²) in [5.41, 5.74) is 1.65. The molecule has 0 aliphatic heterocycles. The molecule has 3 nitrogen and oxygen atoms in total. The van der Waals surface area contributed by atoms with Crippen LogP contribution in [-0.2, 0) is 6.42 Å². The zero-order valence-electron chi connectivity index (χ0n) is 7.64. The zero-order valence-corrected chi connectivity index (χ0v) is 10.0. The fourth-order valence-electron chi connectivity index (χ4n) is 1.09. The van der Waals surface area contributed by atoms with Gasteiger partial charge in [-0.1, -0.05) is 0 Å². The van der Waals surface area contributed by atoms with Crippen molar-refractivity contribution < 1.29 is 0 Å².